The van der Waals surface area contributed by atoms with Crippen molar-refractivity contribution in [2.24, 2.45) is 5.73 Å². The highest BCUT2D eigenvalue weighted by atomic mass is 19.4. The minimum atomic E-state index is -4.96. The second kappa shape index (κ2) is 11.8. The second-order valence-electron chi connectivity index (χ2n) is 11.2. The SMILES string of the molecule is CCc1c(F)c(/C=C(/C(C)=C\C(=N)N)C(F)(F)F)c(F)c2nc(OCC34CCCN3CCC4)nc(N3CCNCC3)c12. The fourth-order valence-corrected chi connectivity index (χ4v) is 6.52. The van der Waals surface area contributed by atoms with E-state index >= 15 is 8.78 Å². The third-order valence-electron chi connectivity index (χ3n) is 8.56. The number of ether oxygens (including phenoxy) is 1. The van der Waals surface area contributed by atoms with E-state index in [0.717, 1.165) is 51.8 Å². The lowest BCUT2D eigenvalue weighted by Gasteiger charge is -2.32. The summed E-state index contributed by atoms with van der Waals surface area (Å²) in [6, 6.07) is -0.0876. The van der Waals surface area contributed by atoms with E-state index in [1.54, 1.807) is 6.92 Å². The van der Waals surface area contributed by atoms with Gasteiger partial charge in [0.05, 0.1) is 16.5 Å². The number of anilines is 1. The van der Waals surface area contributed by atoms with Crippen LogP contribution < -0.4 is 20.7 Å². The van der Waals surface area contributed by atoms with Crippen molar-refractivity contribution in [1.29, 1.82) is 5.41 Å². The van der Waals surface area contributed by atoms with Gasteiger partial charge in [0, 0.05) is 37.3 Å². The first-order valence-corrected chi connectivity index (χ1v) is 14.3. The summed E-state index contributed by atoms with van der Waals surface area (Å²) in [5, 5.41) is 10.7. The van der Waals surface area contributed by atoms with Crippen LogP contribution in [-0.4, -0.2) is 78.3 Å². The van der Waals surface area contributed by atoms with Crippen LogP contribution in [0.3, 0.4) is 0 Å². The molecule has 8 nitrogen and oxygen atoms in total. The zero-order valence-electron chi connectivity index (χ0n) is 23.8. The topological polar surface area (TPSA) is 103 Å². The van der Waals surface area contributed by atoms with Crippen LogP contribution in [0.4, 0.5) is 27.8 Å². The minimum absolute atomic E-state index is 0.0174. The average Bonchev–Trinajstić information content (AvgIpc) is 3.52. The van der Waals surface area contributed by atoms with E-state index in [0.29, 0.717) is 44.7 Å². The quantitative estimate of drug-likeness (QED) is 0.176. The largest absolute Gasteiger partial charge is 0.461 e. The molecule has 0 amide bonds. The molecule has 228 valence electrons. The van der Waals surface area contributed by atoms with Gasteiger partial charge in [-0.15, -0.1) is 0 Å². The van der Waals surface area contributed by atoms with Crippen LogP contribution in [-0.2, 0) is 6.42 Å². The second-order valence-corrected chi connectivity index (χ2v) is 11.2. The molecule has 1 aromatic carbocycles. The van der Waals surface area contributed by atoms with E-state index in [1.807, 2.05) is 4.90 Å². The number of aromatic nitrogens is 2. The highest BCUT2D eigenvalue weighted by Gasteiger charge is 2.45. The van der Waals surface area contributed by atoms with E-state index in [9.17, 15) is 13.2 Å². The smallest absolute Gasteiger partial charge is 0.416 e. The number of rotatable bonds is 8. The molecule has 3 saturated heterocycles. The summed E-state index contributed by atoms with van der Waals surface area (Å²) in [6.07, 6.45) is 0.359. The monoisotopic (exact) mass is 593 g/mol. The first-order chi connectivity index (χ1) is 19.9. The molecule has 3 aliphatic rings. The van der Waals surface area contributed by atoms with Gasteiger partial charge in [-0.1, -0.05) is 6.92 Å². The number of alkyl halides is 3. The van der Waals surface area contributed by atoms with Gasteiger partial charge in [-0.2, -0.15) is 23.1 Å². The van der Waals surface area contributed by atoms with Crippen molar-refractivity contribution in [3.05, 3.63) is 40.0 Å². The van der Waals surface area contributed by atoms with Gasteiger partial charge in [0.1, 0.15) is 29.6 Å². The van der Waals surface area contributed by atoms with Gasteiger partial charge >= 0.3 is 12.2 Å². The Morgan fingerprint density at radius 1 is 1.10 bits per heavy atom. The summed E-state index contributed by atoms with van der Waals surface area (Å²) in [5.74, 6) is -2.66. The Hall–Kier alpha value is -3.32. The summed E-state index contributed by atoms with van der Waals surface area (Å²) >= 11 is 0. The van der Waals surface area contributed by atoms with E-state index in [1.165, 1.54) is 0 Å². The number of hydrogen-bond acceptors (Lipinski definition) is 7. The number of fused-ring (bicyclic) bond motifs is 2. The van der Waals surface area contributed by atoms with Crippen molar-refractivity contribution in [2.75, 3.05) is 50.8 Å². The van der Waals surface area contributed by atoms with E-state index < -0.39 is 40.4 Å². The molecule has 3 aliphatic heterocycles. The molecule has 3 fully saturated rings. The molecule has 4 heterocycles. The Bertz CT molecular complexity index is 1420. The number of piperazine rings is 1. The fraction of sp³-hybridized carbons (Fsp3) is 0.552. The highest BCUT2D eigenvalue weighted by molar-refractivity contribution is 5.96. The van der Waals surface area contributed by atoms with Gasteiger partial charge in [-0.05, 0) is 69.8 Å². The molecular formula is C29H36F5N7O. The summed E-state index contributed by atoms with van der Waals surface area (Å²) < 4.78 is 80.6. The van der Waals surface area contributed by atoms with E-state index in [2.05, 4.69) is 20.2 Å². The van der Waals surface area contributed by atoms with Crippen LogP contribution in [0.25, 0.3) is 17.0 Å². The van der Waals surface area contributed by atoms with Gasteiger partial charge in [0.15, 0.2) is 5.82 Å². The number of allylic oxidation sites excluding steroid dienone is 2. The highest BCUT2D eigenvalue weighted by Crippen LogP contribution is 2.41. The average molecular weight is 594 g/mol. The zero-order chi connectivity index (χ0) is 30.2. The number of aryl methyl sites for hydroxylation is 1. The number of halogens is 5. The third kappa shape index (κ3) is 5.68. The fourth-order valence-electron chi connectivity index (χ4n) is 6.52. The van der Waals surface area contributed by atoms with Crippen LogP contribution in [0.2, 0.25) is 0 Å². The molecule has 4 N–H and O–H groups in total. The van der Waals surface area contributed by atoms with Crippen LogP contribution in [0.15, 0.2) is 17.2 Å². The summed E-state index contributed by atoms with van der Waals surface area (Å²) in [5.41, 5.74) is 2.24. The van der Waals surface area contributed by atoms with Crippen LogP contribution in [0.1, 0.15) is 50.7 Å². The van der Waals surface area contributed by atoms with Gasteiger partial charge in [0.25, 0.3) is 0 Å². The molecule has 0 atom stereocenters. The molecule has 42 heavy (non-hydrogen) atoms. The molecule has 1 aromatic heterocycles. The molecule has 0 spiro atoms. The standard InChI is InChI=1S/C29H36F5N7O/c1-3-18-22-25(24(31)19(23(18)30)15-20(29(32,33)34)17(2)14-21(35)36)38-27(39-26(22)40-12-8-37-9-13-40)42-16-28-6-4-10-41(28)11-5-7-28/h14-15,37H,3-13,16H2,1-2H3,(H3,35,36)/b17-14-,20-15-. The summed E-state index contributed by atoms with van der Waals surface area (Å²) in [4.78, 5) is 13.3. The molecule has 0 saturated carbocycles. The van der Waals surface area contributed by atoms with Crippen molar-refractivity contribution in [3.8, 4) is 6.01 Å². The van der Waals surface area contributed by atoms with Crippen LogP contribution >= 0.6 is 0 Å². The molecule has 0 bridgehead atoms. The Labute approximate surface area is 241 Å². The molecule has 13 heteroatoms. The number of benzene rings is 1. The lowest BCUT2D eigenvalue weighted by molar-refractivity contribution is -0.0883. The summed E-state index contributed by atoms with van der Waals surface area (Å²) in [7, 11) is 0. The first kappa shape index (κ1) is 30.1. The van der Waals surface area contributed by atoms with Gasteiger partial charge in [-0.3, -0.25) is 10.3 Å². The lowest BCUT2D eigenvalue weighted by atomic mass is 9.95. The van der Waals surface area contributed by atoms with Gasteiger partial charge in [0.2, 0.25) is 0 Å². The molecule has 5 rings (SSSR count). The normalized spacial score (nSPS) is 19.9. The number of nitrogens with zero attached hydrogens (tertiary/aromatic N) is 4. The van der Waals surface area contributed by atoms with Crippen molar-refractivity contribution >= 4 is 28.6 Å². The Kier molecular flexibility index (Phi) is 8.44. The lowest BCUT2D eigenvalue weighted by Crippen LogP contribution is -2.44. The Morgan fingerprint density at radius 3 is 2.36 bits per heavy atom. The van der Waals surface area contributed by atoms with Crippen LogP contribution in [0.5, 0.6) is 6.01 Å². The van der Waals surface area contributed by atoms with Crippen molar-refractivity contribution in [3.63, 3.8) is 0 Å². The first-order valence-electron chi connectivity index (χ1n) is 14.3. The molecule has 0 radical (unpaired) electrons. The number of amidine groups is 1. The van der Waals surface area contributed by atoms with Crippen molar-refractivity contribution in [2.45, 2.75) is 57.7 Å². The predicted octanol–water partition coefficient (Wildman–Crippen LogP) is 4.72. The maximum atomic E-state index is 16.3. The molecule has 0 aliphatic carbocycles. The third-order valence-corrected chi connectivity index (χ3v) is 8.56. The summed E-state index contributed by atoms with van der Waals surface area (Å²) in [6.45, 7) is 7.30. The molecular weight excluding hydrogens is 557 g/mol. The Balaban J connectivity index is 1.70. The molecule has 2 aromatic rings. The van der Waals surface area contributed by atoms with Crippen molar-refractivity contribution in [1.82, 2.24) is 20.2 Å². The van der Waals surface area contributed by atoms with Crippen LogP contribution in [0, 0.1) is 17.0 Å². The van der Waals surface area contributed by atoms with E-state index in [-0.39, 0.29) is 34.4 Å². The predicted molar refractivity (Wildman–Crippen MR) is 152 cm³/mol. The zero-order valence-corrected chi connectivity index (χ0v) is 23.8. The van der Waals surface area contributed by atoms with Crippen molar-refractivity contribution < 1.29 is 26.7 Å². The maximum Gasteiger partial charge on any atom is 0.416 e. The van der Waals surface area contributed by atoms with Gasteiger partial charge < -0.3 is 20.7 Å². The Morgan fingerprint density at radius 2 is 1.76 bits per heavy atom. The minimum Gasteiger partial charge on any atom is -0.461 e. The van der Waals surface area contributed by atoms with Gasteiger partial charge in [-0.25, -0.2) is 8.78 Å². The number of nitrogens with two attached hydrogens (primary N) is 1. The number of hydrogen-bond donors (Lipinski definition) is 3. The van der Waals surface area contributed by atoms with E-state index in [4.69, 9.17) is 15.9 Å². The number of nitrogens with one attached hydrogen (secondary N) is 2. The maximum absolute atomic E-state index is 16.3. The molecule has 0 unspecified atom stereocenters.